The summed E-state index contributed by atoms with van der Waals surface area (Å²) in [5.41, 5.74) is 1.03. The van der Waals surface area contributed by atoms with E-state index in [1.165, 1.54) is 89.9 Å². The Morgan fingerprint density at radius 1 is 0.738 bits per heavy atom. The summed E-state index contributed by atoms with van der Waals surface area (Å²) < 4.78 is 0. The van der Waals surface area contributed by atoms with E-state index in [1.807, 2.05) is 0 Å². The Labute approximate surface area is 253 Å². The van der Waals surface area contributed by atoms with Crippen molar-refractivity contribution in [3.8, 4) is 0 Å². The molecule has 0 bridgehead atoms. The fourth-order valence-corrected chi connectivity index (χ4v) is 5.66. The van der Waals surface area contributed by atoms with Gasteiger partial charge in [-0.1, -0.05) is 103 Å². The summed E-state index contributed by atoms with van der Waals surface area (Å²) in [4.78, 5) is 51.0. The third kappa shape index (κ3) is 14.0. The van der Waals surface area contributed by atoms with Crippen LogP contribution in [-0.4, -0.2) is 77.7 Å². The maximum atomic E-state index is 12.9. The standard InChI is InChI=1S/C34H55N3O5/c1-2-3-4-5-6-7-8-9-10-11-12-13-14-15-16-17-23-35-32(39)29-18-20-30(21-19-29)33(40)37-26-24-36(25-27-37)31(22-28-38)34(41)42/h18-21,28,31H,2-17,22-27H2,1H3,(H,35,39)(H,41,42). The minimum atomic E-state index is -1.02. The lowest BCUT2D eigenvalue weighted by Crippen LogP contribution is -2.54. The minimum Gasteiger partial charge on any atom is -0.480 e. The molecule has 0 radical (unpaired) electrons. The van der Waals surface area contributed by atoms with Crippen LogP contribution in [0.3, 0.4) is 0 Å². The molecule has 2 rings (SSSR count). The van der Waals surface area contributed by atoms with E-state index in [9.17, 15) is 24.3 Å². The fraction of sp³-hybridized carbons (Fsp3) is 0.706. The smallest absolute Gasteiger partial charge is 0.321 e. The highest BCUT2D eigenvalue weighted by Crippen LogP contribution is 2.15. The first-order valence-electron chi connectivity index (χ1n) is 16.6. The second-order valence-corrected chi connectivity index (χ2v) is 11.7. The molecule has 1 saturated heterocycles. The lowest BCUT2D eigenvalue weighted by atomic mass is 10.0. The van der Waals surface area contributed by atoms with Crippen molar-refractivity contribution in [2.75, 3.05) is 32.7 Å². The highest BCUT2D eigenvalue weighted by Gasteiger charge is 2.30. The van der Waals surface area contributed by atoms with Crippen molar-refractivity contribution in [2.45, 2.75) is 122 Å². The number of hydrogen-bond acceptors (Lipinski definition) is 5. The molecule has 236 valence electrons. The minimum absolute atomic E-state index is 0.0632. The topological polar surface area (TPSA) is 107 Å². The number of benzene rings is 1. The van der Waals surface area contributed by atoms with Crippen LogP contribution in [0.1, 0.15) is 137 Å². The second kappa shape index (κ2) is 21.9. The molecule has 1 aliphatic rings. The van der Waals surface area contributed by atoms with Gasteiger partial charge in [0.2, 0.25) is 0 Å². The summed E-state index contributed by atoms with van der Waals surface area (Å²) in [6.45, 7) is 4.51. The maximum absolute atomic E-state index is 12.9. The molecule has 1 unspecified atom stereocenters. The van der Waals surface area contributed by atoms with E-state index in [1.54, 1.807) is 34.1 Å². The molecule has 0 aliphatic carbocycles. The zero-order chi connectivity index (χ0) is 30.4. The number of nitrogens with one attached hydrogen (secondary N) is 1. The molecule has 8 heteroatoms. The average Bonchev–Trinajstić information content (AvgIpc) is 3.01. The van der Waals surface area contributed by atoms with E-state index in [4.69, 9.17) is 0 Å². The summed E-state index contributed by atoms with van der Waals surface area (Å²) >= 11 is 0. The lowest BCUT2D eigenvalue weighted by molar-refractivity contribution is -0.145. The van der Waals surface area contributed by atoms with Crippen LogP contribution >= 0.6 is 0 Å². The van der Waals surface area contributed by atoms with E-state index in [0.29, 0.717) is 50.1 Å². The van der Waals surface area contributed by atoms with Crippen LogP contribution in [0, 0.1) is 0 Å². The van der Waals surface area contributed by atoms with Crippen molar-refractivity contribution in [1.29, 1.82) is 0 Å². The summed E-state index contributed by atoms with van der Waals surface area (Å²) in [5.74, 6) is -1.29. The average molecular weight is 586 g/mol. The Bertz CT molecular complexity index is 912. The van der Waals surface area contributed by atoms with E-state index >= 15 is 0 Å². The predicted molar refractivity (Wildman–Crippen MR) is 168 cm³/mol. The zero-order valence-corrected chi connectivity index (χ0v) is 26.0. The van der Waals surface area contributed by atoms with Crippen LogP contribution < -0.4 is 5.32 Å². The number of carboxylic acid groups (broad SMARTS) is 1. The number of carbonyl (C=O) groups excluding carboxylic acids is 3. The number of carboxylic acids is 1. The van der Waals surface area contributed by atoms with Crippen LogP contribution in [0.4, 0.5) is 0 Å². The molecule has 0 saturated carbocycles. The highest BCUT2D eigenvalue weighted by atomic mass is 16.4. The molecular formula is C34H55N3O5. The van der Waals surface area contributed by atoms with Gasteiger partial charge in [0.1, 0.15) is 12.3 Å². The number of nitrogens with zero attached hydrogens (tertiary/aromatic N) is 2. The summed E-state index contributed by atoms with van der Waals surface area (Å²) in [5, 5.41) is 12.3. The molecule has 2 N–H and O–H groups in total. The number of hydrogen-bond donors (Lipinski definition) is 2. The molecule has 0 aromatic heterocycles. The van der Waals surface area contributed by atoms with Crippen LogP contribution in [0.2, 0.25) is 0 Å². The van der Waals surface area contributed by atoms with Crippen LogP contribution in [0.25, 0.3) is 0 Å². The van der Waals surface area contributed by atoms with Gasteiger partial charge in [0.25, 0.3) is 11.8 Å². The van der Waals surface area contributed by atoms with Crippen LogP contribution in [0.5, 0.6) is 0 Å². The second-order valence-electron chi connectivity index (χ2n) is 11.7. The van der Waals surface area contributed by atoms with Crippen LogP contribution in [-0.2, 0) is 9.59 Å². The third-order valence-corrected chi connectivity index (χ3v) is 8.36. The van der Waals surface area contributed by atoms with Gasteiger partial charge in [0.15, 0.2) is 0 Å². The normalized spacial score (nSPS) is 14.5. The van der Waals surface area contributed by atoms with Gasteiger partial charge in [-0.15, -0.1) is 0 Å². The van der Waals surface area contributed by atoms with E-state index in [-0.39, 0.29) is 18.2 Å². The van der Waals surface area contributed by atoms with Gasteiger partial charge >= 0.3 is 5.97 Å². The lowest BCUT2D eigenvalue weighted by Gasteiger charge is -2.37. The largest absolute Gasteiger partial charge is 0.480 e. The molecule has 2 amide bonds. The van der Waals surface area contributed by atoms with E-state index in [0.717, 1.165) is 12.8 Å². The molecule has 1 aromatic rings. The van der Waals surface area contributed by atoms with Crippen molar-refractivity contribution < 1.29 is 24.3 Å². The van der Waals surface area contributed by atoms with Crippen molar-refractivity contribution in [3.05, 3.63) is 35.4 Å². The molecule has 0 spiro atoms. The number of carbonyl (C=O) groups is 4. The highest BCUT2D eigenvalue weighted by molar-refractivity contribution is 5.97. The number of aliphatic carboxylic acids is 1. The first-order chi connectivity index (χ1) is 20.5. The van der Waals surface area contributed by atoms with Gasteiger partial charge in [-0.2, -0.15) is 0 Å². The Balaban J connectivity index is 1.51. The van der Waals surface area contributed by atoms with Gasteiger partial charge in [0.05, 0.1) is 0 Å². The monoisotopic (exact) mass is 585 g/mol. The van der Waals surface area contributed by atoms with Crippen LogP contribution in [0.15, 0.2) is 24.3 Å². The Hall–Kier alpha value is -2.74. The van der Waals surface area contributed by atoms with Gasteiger partial charge in [0, 0.05) is 50.3 Å². The van der Waals surface area contributed by atoms with Gasteiger partial charge < -0.3 is 20.1 Å². The number of unbranched alkanes of at least 4 members (excludes halogenated alkanes) is 15. The Morgan fingerprint density at radius 3 is 1.64 bits per heavy atom. The van der Waals surface area contributed by atoms with Gasteiger partial charge in [-0.25, -0.2) is 0 Å². The van der Waals surface area contributed by atoms with Crippen molar-refractivity contribution in [3.63, 3.8) is 0 Å². The number of aldehydes is 1. The zero-order valence-electron chi connectivity index (χ0n) is 26.0. The molecule has 8 nitrogen and oxygen atoms in total. The quantitative estimate of drug-likeness (QED) is 0.112. The summed E-state index contributed by atoms with van der Waals surface area (Å²) in [6.07, 6.45) is 21.7. The molecular weight excluding hydrogens is 530 g/mol. The molecule has 1 fully saturated rings. The molecule has 1 aromatic carbocycles. The molecule has 42 heavy (non-hydrogen) atoms. The number of rotatable bonds is 23. The Kier molecular flexibility index (Phi) is 18.5. The van der Waals surface area contributed by atoms with Crippen molar-refractivity contribution in [1.82, 2.24) is 15.1 Å². The first-order valence-corrected chi connectivity index (χ1v) is 16.6. The fourth-order valence-electron chi connectivity index (χ4n) is 5.66. The third-order valence-electron chi connectivity index (χ3n) is 8.36. The van der Waals surface area contributed by atoms with Gasteiger partial charge in [-0.05, 0) is 30.7 Å². The number of piperazine rings is 1. The van der Waals surface area contributed by atoms with E-state index < -0.39 is 12.0 Å². The van der Waals surface area contributed by atoms with Crippen molar-refractivity contribution >= 4 is 24.1 Å². The van der Waals surface area contributed by atoms with Gasteiger partial charge in [-0.3, -0.25) is 19.3 Å². The number of amides is 2. The summed E-state index contributed by atoms with van der Waals surface area (Å²) in [7, 11) is 0. The predicted octanol–water partition coefficient (Wildman–Crippen LogP) is 6.48. The SMILES string of the molecule is CCCCCCCCCCCCCCCCCCNC(=O)c1ccc(C(=O)N2CCN(C(CC=O)C(=O)O)CC2)cc1. The maximum Gasteiger partial charge on any atom is 0.321 e. The first kappa shape index (κ1) is 35.5. The molecule has 1 heterocycles. The van der Waals surface area contributed by atoms with Crippen molar-refractivity contribution in [2.24, 2.45) is 0 Å². The molecule has 1 aliphatic heterocycles. The van der Waals surface area contributed by atoms with E-state index in [2.05, 4.69) is 12.2 Å². The molecule has 1 atom stereocenters. The Morgan fingerprint density at radius 2 is 1.19 bits per heavy atom. The summed E-state index contributed by atoms with van der Waals surface area (Å²) in [6, 6.07) is 5.85.